The smallest absolute Gasteiger partial charge is 0.338 e. The number of esters is 1. The molecule has 194 valence electrons. The number of hydrogen-bond donors (Lipinski definition) is 0. The van der Waals surface area contributed by atoms with Gasteiger partial charge in [0.15, 0.2) is 4.80 Å². The van der Waals surface area contributed by atoms with Gasteiger partial charge in [0.1, 0.15) is 5.75 Å². The second kappa shape index (κ2) is 11.1. The standard InChI is InChI=1S/C28H30BrN3O4S/c1-7-35-27(34)24-17(4)30-28-32(25(24)19-9-11-20(12-10-19)36-16(2)3)26(33)23(37-28)15-18-8-13-22(31(5)6)21(29)14-18/h8-16,25H,7H2,1-6H3/b23-15-/t25-/m1/s1. The lowest BCUT2D eigenvalue weighted by molar-refractivity contribution is -0.139. The molecule has 0 fully saturated rings. The van der Waals surface area contributed by atoms with E-state index in [0.717, 1.165) is 27.0 Å². The van der Waals surface area contributed by atoms with Gasteiger partial charge in [0.25, 0.3) is 5.56 Å². The van der Waals surface area contributed by atoms with Crippen molar-refractivity contribution < 1.29 is 14.3 Å². The maximum atomic E-state index is 13.8. The van der Waals surface area contributed by atoms with Crippen LogP contribution in [0.15, 0.2) is 68.0 Å². The number of fused-ring (bicyclic) bond motifs is 1. The second-order valence-electron chi connectivity index (χ2n) is 9.14. The molecule has 37 heavy (non-hydrogen) atoms. The van der Waals surface area contributed by atoms with E-state index in [1.165, 1.54) is 11.3 Å². The van der Waals surface area contributed by atoms with Gasteiger partial charge in [-0.25, -0.2) is 9.79 Å². The molecule has 1 atom stereocenters. The highest BCUT2D eigenvalue weighted by Crippen LogP contribution is 2.32. The van der Waals surface area contributed by atoms with Crippen LogP contribution in [0.4, 0.5) is 5.69 Å². The number of halogens is 1. The lowest BCUT2D eigenvalue weighted by Gasteiger charge is -2.25. The average molecular weight is 585 g/mol. The Balaban J connectivity index is 1.87. The van der Waals surface area contributed by atoms with Crippen LogP contribution in [-0.2, 0) is 9.53 Å². The zero-order valence-electron chi connectivity index (χ0n) is 21.7. The molecule has 0 saturated heterocycles. The van der Waals surface area contributed by atoms with Crippen LogP contribution < -0.4 is 24.5 Å². The quantitative estimate of drug-likeness (QED) is 0.385. The van der Waals surface area contributed by atoms with Crippen LogP contribution in [0.2, 0.25) is 0 Å². The third-order valence-electron chi connectivity index (χ3n) is 5.84. The summed E-state index contributed by atoms with van der Waals surface area (Å²) in [5.41, 5.74) is 3.39. The van der Waals surface area contributed by atoms with Crippen molar-refractivity contribution in [2.75, 3.05) is 25.6 Å². The van der Waals surface area contributed by atoms with E-state index in [0.29, 0.717) is 20.6 Å². The topological polar surface area (TPSA) is 73.1 Å². The number of anilines is 1. The van der Waals surface area contributed by atoms with E-state index < -0.39 is 12.0 Å². The average Bonchev–Trinajstić information content (AvgIpc) is 3.12. The molecule has 0 spiro atoms. The first-order valence-corrected chi connectivity index (χ1v) is 13.6. The van der Waals surface area contributed by atoms with Crippen LogP contribution in [-0.4, -0.2) is 37.3 Å². The Kier molecular flexibility index (Phi) is 8.04. The highest BCUT2D eigenvalue weighted by atomic mass is 79.9. The van der Waals surface area contributed by atoms with Gasteiger partial charge < -0.3 is 14.4 Å². The SMILES string of the molecule is CCOC(=O)C1=C(C)N=c2s/c(=C\c3ccc(N(C)C)c(Br)c3)c(=O)n2[C@@H]1c1ccc(OC(C)C)cc1. The normalized spacial score (nSPS) is 15.5. The molecule has 0 radical (unpaired) electrons. The summed E-state index contributed by atoms with van der Waals surface area (Å²) in [4.78, 5) is 34.0. The van der Waals surface area contributed by atoms with Gasteiger partial charge in [-0.2, -0.15) is 0 Å². The zero-order valence-corrected chi connectivity index (χ0v) is 24.1. The summed E-state index contributed by atoms with van der Waals surface area (Å²) in [7, 11) is 3.95. The van der Waals surface area contributed by atoms with E-state index in [-0.39, 0.29) is 18.3 Å². The van der Waals surface area contributed by atoms with Crippen molar-refractivity contribution >= 4 is 45.0 Å². The molecule has 2 aromatic carbocycles. The van der Waals surface area contributed by atoms with E-state index in [2.05, 4.69) is 20.9 Å². The lowest BCUT2D eigenvalue weighted by atomic mass is 9.96. The van der Waals surface area contributed by atoms with Gasteiger partial charge in [-0.05, 0) is 85.1 Å². The number of allylic oxidation sites excluding steroid dienone is 1. The molecule has 3 aromatic rings. The third kappa shape index (κ3) is 5.57. The first kappa shape index (κ1) is 26.9. The summed E-state index contributed by atoms with van der Waals surface area (Å²) in [6.07, 6.45) is 1.89. The summed E-state index contributed by atoms with van der Waals surface area (Å²) in [5, 5.41) is 0. The third-order valence-corrected chi connectivity index (χ3v) is 7.45. The summed E-state index contributed by atoms with van der Waals surface area (Å²) in [6.45, 7) is 7.69. The Labute approximate surface area is 228 Å². The number of ether oxygens (including phenoxy) is 2. The van der Waals surface area contributed by atoms with Gasteiger partial charge in [0.2, 0.25) is 0 Å². The van der Waals surface area contributed by atoms with E-state index >= 15 is 0 Å². The fourth-order valence-electron chi connectivity index (χ4n) is 4.23. The Morgan fingerprint density at radius 3 is 2.51 bits per heavy atom. The highest BCUT2D eigenvalue weighted by molar-refractivity contribution is 9.10. The molecule has 1 aromatic heterocycles. The Morgan fingerprint density at radius 1 is 1.22 bits per heavy atom. The molecule has 7 nitrogen and oxygen atoms in total. The Hall–Kier alpha value is -3.17. The van der Waals surface area contributed by atoms with Gasteiger partial charge in [0, 0.05) is 18.6 Å². The van der Waals surface area contributed by atoms with E-state index in [4.69, 9.17) is 9.47 Å². The van der Waals surface area contributed by atoms with Crippen LogP contribution >= 0.6 is 27.3 Å². The molecule has 0 saturated carbocycles. The molecule has 4 rings (SSSR count). The van der Waals surface area contributed by atoms with Crippen LogP contribution in [0.25, 0.3) is 6.08 Å². The maximum Gasteiger partial charge on any atom is 0.338 e. The lowest BCUT2D eigenvalue weighted by Crippen LogP contribution is -2.39. The summed E-state index contributed by atoms with van der Waals surface area (Å²) >= 11 is 4.92. The van der Waals surface area contributed by atoms with Crippen LogP contribution in [0.3, 0.4) is 0 Å². The first-order valence-electron chi connectivity index (χ1n) is 12.0. The largest absolute Gasteiger partial charge is 0.491 e. The molecule has 0 amide bonds. The van der Waals surface area contributed by atoms with Crippen molar-refractivity contribution in [1.82, 2.24) is 4.57 Å². The number of benzene rings is 2. The maximum absolute atomic E-state index is 13.8. The highest BCUT2D eigenvalue weighted by Gasteiger charge is 2.33. The number of nitrogens with zero attached hydrogens (tertiary/aromatic N) is 3. The molecule has 1 aliphatic heterocycles. The molecule has 0 aliphatic carbocycles. The minimum absolute atomic E-state index is 0.0348. The Morgan fingerprint density at radius 2 is 1.92 bits per heavy atom. The Bertz CT molecular complexity index is 1530. The van der Waals surface area contributed by atoms with Crippen LogP contribution in [0, 0.1) is 0 Å². The zero-order chi connectivity index (χ0) is 26.9. The number of carbonyl (C=O) groups excluding carboxylic acids is 1. The molecule has 9 heteroatoms. The fourth-order valence-corrected chi connectivity index (χ4v) is 6.03. The second-order valence-corrected chi connectivity index (χ2v) is 11.0. The number of aromatic nitrogens is 1. The van der Waals surface area contributed by atoms with Gasteiger partial charge in [0.05, 0.1) is 40.2 Å². The molecular weight excluding hydrogens is 554 g/mol. The summed E-state index contributed by atoms with van der Waals surface area (Å²) < 4.78 is 14.2. The predicted molar refractivity (Wildman–Crippen MR) is 151 cm³/mol. The molecular formula is C28H30BrN3O4S. The van der Waals surface area contributed by atoms with Crippen molar-refractivity contribution in [3.63, 3.8) is 0 Å². The van der Waals surface area contributed by atoms with Gasteiger partial charge in [-0.3, -0.25) is 9.36 Å². The first-order chi connectivity index (χ1) is 17.6. The van der Waals surface area contributed by atoms with Crippen molar-refractivity contribution in [1.29, 1.82) is 0 Å². The van der Waals surface area contributed by atoms with Crippen molar-refractivity contribution in [3.05, 3.63) is 89.0 Å². The predicted octanol–water partition coefficient (Wildman–Crippen LogP) is 4.41. The molecule has 2 heterocycles. The van der Waals surface area contributed by atoms with Crippen LogP contribution in [0.5, 0.6) is 5.75 Å². The molecule has 0 bridgehead atoms. The number of thiazole rings is 1. The number of rotatable bonds is 7. The molecule has 0 unspecified atom stereocenters. The van der Waals surface area contributed by atoms with Crippen molar-refractivity contribution in [2.24, 2.45) is 4.99 Å². The fraction of sp³-hybridized carbons (Fsp3) is 0.321. The van der Waals surface area contributed by atoms with Crippen LogP contribution in [0.1, 0.15) is 44.9 Å². The minimum Gasteiger partial charge on any atom is -0.491 e. The van der Waals surface area contributed by atoms with Gasteiger partial charge in [-0.1, -0.05) is 29.5 Å². The molecule has 1 aliphatic rings. The van der Waals surface area contributed by atoms with E-state index in [1.54, 1.807) is 18.4 Å². The summed E-state index contributed by atoms with van der Waals surface area (Å²) in [5.74, 6) is 0.241. The monoisotopic (exact) mass is 583 g/mol. The summed E-state index contributed by atoms with van der Waals surface area (Å²) in [6, 6.07) is 12.8. The molecule has 0 N–H and O–H groups in total. The van der Waals surface area contributed by atoms with Gasteiger partial charge >= 0.3 is 5.97 Å². The minimum atomic E-state index is -0.659. The van der Waals surface area contributed by atoms with E-state index in [9.17, 15) is 9.59 Å². The van der Waals surface area contributed by atoms with Crippen molar-refractivity contribution in [3.8, 4) is 5.75 Å². The number of carbonyl (C=O) groups is 1. The number of hydrogen-bond acceptors (Lipinski definition) is 7. The van der Waals surface area contributed by atoms with Crippen molar-refractivity contribution in [2.45, 2.75) is 39.8 Å². The van der Waals surface area contributed by atoms with E-state index in [1.807, 2.05) is 81.4 Å². The van der Waals surface area contributed by atoms with Gasteiger partial charge in [-0.15, -0.1) is 0 Å².